The van der Waals surface area contributed by atoms with Crippen molar-refractivity contribution >= 4 is 28.2 Å². The summed E-state index contributed by atoms with van der Waals surface area (Å²) in [5.74, 6) is 0. The van der Waals surface area contributed by atoms with Crippen LogP contribution in [0.3, 0.4) is 0 Å². The van der Waals surface area contributed by atoms with E-state index in [1.165, 1.54) is 0 Å². The molecular weight excluding hydrogens is 256 g/mol. The molecule has 5 heteroatoms. The molecule has 0 aliphatic rings. The molecule has 4 nitrogen and oxygen atoms in total. The molecule has 0 fully saturated rings. The largest absolute Gasteiger partial charge is 0.398 e. The van der Waals surface area contributed by atoms with Crippen molar-refractivity contribution in [3.63, 3.8) is 0 Å². The minimum absolute atomic E-state index is 0.758. The summed E-state index contributed by atoms with van der Waals surface area (Å²) in [4.78, 5) is 5.30. The Morgan fingerprint density at radius 3 is 2.79 bits per heavy atom. The number of anilines is 1. The Morgan fingerprint density at radius 2 is 2.05 bits per heavy atom. The van der Waals surface area contributed by atoms with Crippen molar-refractivity contribution in [2.45, 2.75) is 16.8 Å². The van der Waals surface area contributed by atoms with Gasteiger partial charge in [0.2, 0.25) is 0 Å². The Kier molecular flexibility index (Phi) is 2.91. The number of hydrogen-bond donors (Lipinski definition) is 1. The maximum atomic E-state index is 5.99. The van der Waals surface area contributed by atoms with Crippen molar-refractivity contribution in [2.24, 2.45) is 7.05 Å². The van der Waals surface area contributed by atoms with Gasteiger partial charge in [0.25, 0.3) is 0 Å². The van der Waals surface area contributed by atoms with Gasteiger partial charge in [-0.2, -0.15) is 5.10 Å². The summed E-state index contributed by atoms with van der Waals surface area (Å²) in [5.41, 5.74) is 7.76. The monoisotopic (exact) mass is 270 g/mol. The van der Waals surface area contributed by atoms with E-state index in [1.54, 1.807) is 18.0 Å². The highest BCUT2D eigenvalue weighted by atomic mass is 32.2. The van der Waals surface area contributed by atoms with E-state index in [2.05, 4.69) is 16.1 Å². The van der Waals surface area contributed by atoms with Crippen LogP contribution in [0.25, 0.3) is 10.8 Å². The highest BCUT2D eigenvalue weighted by Gasteiger charge is 2.09. The summed E-state index contributed by atoms with van der Waals surface area (Å²) in [7, 11) is 1.95. The lowest BCUT2D eigenvalue weighted by atomic mass is 10.1. The van der Waals surface area contributed by atoms with E-state index in [4.69, 9.17) is 5.73 Å². The van der Waals surface area contributed by atoms with Crippen molar-refractivity contribution < 1.29 is 0 Å². The Balaban J connectivity index is 2.11. The fraction of sp³-hybridized carbons (Fsp3) is 0.143. The third-order valence-electron chi connectivity index (χ3n) is 2.99. The molecule has 3 aromatic rings. The number of benzene rings is 1. The van der Waals surface area contributed by atoms with Crippen LogP contribution in [0.1, 0.15) is 5.69 Å². The van der Waals surface area contributed by atoms with Crippen LogP contribution in [0, 0.1) is 6.92 Å². The molecule has 1 aromatic carbocycles. The van der Waals surface area contributed by atoms with Crippen LogP contribution in [0.5, 0.6) is 0 Å². The van der Waals surface area contributed by atoms with Crippen molar-refractivity contribution in [3.8, 4) is 0 Å². The Morgan fingerprint density at radius 1 is 1.21 bits per heavy atom. The van der Waals surface area contributed by atoms with Gasteiger partial charge in [0, 0.05) is 40.8 Å². The quantitative estimate of drug-likeness (QED) is 0.727. The van der Waals surface area contributed by atoms with E-state index in [0.717, 1.165) is 32.1 Å². The minimum Gasteiger partial charge on any atom is -0.398 e. The summed E-state index contributed by atoms with van der Waals surface area (Å²) >= 11 is 1.69. The normalized spacial score (nSPS) is 11.1. The fourth-order valence-corrected chi connectivity index (χ4v) is 3.12. The molecular formula is C14H14N4S. The summed E-state index contributed by atoms with van der Waals surface area (Å²) in [6.45, 7) is 2.00. The van der Waals surface area contributed by atoms with E-state index in [0.29, 0.717) is 0 Å². The molecule has 0 saturated heterocycles. The zero-order valence-electron chi connectivity index (χ0n) is 10.8. The lowest BCUT2D eigenvalue weighted by Gasteiger charge is -2.08. The summed E-state index contributed by atoms with van der Waals surface area (Å²) < 4.78 is 1.89. The number of fused-ring (bicyclic) bond motifs is 1. The topological polar surface area (TPSA) is 56.7 Å². The van der Waals surface area contributed by atoms with Crippen molar-refractivity contribution in [1.29, 1.82) is 0 Å². The van der Waals surface area contributed by atoms with Crippen LogP contribution >= 0.6 is 11.8 Å². The van der Waals surface area contributed by atoms with Gasteiger partial charge in [-0.15, -0.1) is 0 Å². The van der Waals surface area contributed by atoms with E-state index >= 15 is 0 Å². The maximum absolute atomic E-state index is 5.99. The predicted octanol–water partition coefficient (Wildman–Crippen LogP) is 3.01. The smallest absolute Gasteiger partial charge is 0.0987 e. The summed E-state index contributed by atoms with van der Waals surface area (Å²) in [6.07, 6.45) is 3.60. The molecule has 0 aliphatic carbocycles. The van der Waals surface area contributed by atoms with Crippen LogP contribution in [0.15, 0.2) is 46.6 Å². The van der Waals surface area contributed by atoms with Gasteiger partial charge < -0.3 is 5.73 Å². The molecule has 0 unspecified atom stereocenters. The minimum atomic E-state index is 0.758. The van der Waals surface area contributed by atoms with E-state index in [9.17, 15) is 0 Å². The first-order valence-corrected chi connectivity index (χ1v) is 6.77. The number of rotatable bonds is 2. The van der Waals surface area contributed by atoms with E-state index < -0.39 is 0 Å². The van der Waals surface area contributed by atoms with E-state index in [-0.39, 0.29) is 0 Å². The van der Waals surface area contributed by atoms with Crippen LogP contribution in [0.4, 0.5) is 5.69 Å². The number of hydrogen-bond acceptors (Lipinski definition) is 4. The van der Waals surface area contributed by atoms with Crippen LogP contribution in [-0.2, 0) is 7.05 Å². The molecule has 0 radical (unpaired) electrons. The zero-order chi connectivity index (χ0) is 13.4. The van der Waals surface area contributed by atoms with Gasteiger partial charge in [-0.1, -0.05) is 11.8 Å². The van der Waals surface area contributed by atoms with Gasteiger partial charge in [0.05, 0.1) is 10.7 Å². The number of aromatic nitrogens is 3. The molecule has 0 saturated carbocycles. The third kappa shape index (κ3) is 2.17. The standard InChI is InChI=1S/C14H14N4S/c1-9-7-14(18(2)17-9)19-13-4-3-12(15)11-8-16-6-5-10(11)13/h3-8H,15H2,1-2H3. The Hall–Kier alpha value is -2.01. The summed E-state index contributed by atoms with van der Waals surface area (Å²) in [6, 6.07) is 8.05. The molecule has 96 valence electrons. The molecule has 0 atom stereocenters. The molecule has 2 aromatic heterocycles. The second-order valence-electron chi connectivity index (χ2n) is 4.42. The molecule has 0 aliphatic heterocycles. The average Bonchev–Trinajstić information content (AvgIpc) is 2.72. The van der Waals surface area contributed by atoms with E-state index in [1.807, 2.05) is 43.0 Å². The number of pyridine rings is 1. The van der Waals surface area contributed by atoms with Crippen molar-refractivity contribution in [2.75, 3.05) is 5.73 Å². The van der Waals surface area contributed by atoms with Crippen LogP contribution in [-0.4, -0.2) is 14.8 Å². The first-order valence-electron chi connectivity index (χ1n) is 5.96. The average molecular weight is 270 g/mol. The van der Waals surface area contributed by atoms with Crippen LogP contribution in [0.2, 0.25) is 0 Å². The van der Waals surface area contributed by atoms with Crippen molar-refractivity contribution in [1.82, 2.24) is 14.8 Å². The molecule has 3 rings (SSSR count). The van der Waals surface area contributed by atoms with Gasteiger partial charge in [0.15, 0.2) is 0 Å². The lowest BCUT2D eigenvalue weighted by Crippen LogP contribution is -1.93. The predicted molar refractivity (Wildman–Crippen MR) is 78.2 cm³/mol. The Labute approximate surface area is 115 Å². The highest BCUT2D eigenvalue weighted by Crippen LogP contribution is 2.35. The van der Waals surface area contributed by atoms with Gasteiger partial charge in [-0.05, 0) is 31.2 Å². The number of nitrogens with zero attached hydrogens (tertiary/aromatic N) is 3. The fourth-order valence-electron chi connectivity index (χ4n) is 2.07. The first-order chi connectivity index (χ1) is 9.15. The second kappa shape index (κ2) is 4.59. The maximum Gasteiger partial charge on any atom is 0.0987 e. The van der Waals surface area contributed by atoms with Crippen molar-refractivity contribution in [3.05, 3.63) is 42.4 Å². The van der Waals surface area contributed by atoms with Crippen LogP contribution < -0.4 is 5.73 Å². The molecule has 0 bridgehead atoms. The number of nitrogens with two attached hydrogens (primary N) is 1. The molecule has 19 heavy (non-hydrogen) atoms. The Bertz CT molecular complexity index is 748. The number of nitrogen functional groups attached to an aromatic ring is 1. The highest BCUT2D eigenvalue weighted by molar-refractivity contribution is 7.99. The molecule has 2 N–H and O–H groups in total. The van der Waals surface area contributed by atoms with Gasteiger partial charge in [-0.3, -0.25) is 9.67 Å². The van der Waals surface area contributed by atoms with Gasteiger partial charge in [0.1, 0.15) is 0 Å². The molecule has 2 heterocycles. The SMILES string of the molecule is Cc1cc(Sc2ccc(N)c3cnccc23)n(C)n1. The number of aryl methyl sites for hydroxylation is 2. The van der Waals surface area contributed by atoms with Gasteiger partial charge >= 0.3 is 0 Å². The third-order valence-corrected chi connectivity index (χ3v) is 4.15. The van der Waals surface area contributed by atoms with Gasteiger partial charge in [-0.25, -0.2) is 0 Å². The zero-order valence-corrected chi connectivity index (χ0v) is 11.6. The lowest BCUT2D eigenvalue weighted by molar-refractivity contribution is 0.692. The summed E-state index contributed by atoms with van der Waals surface area (Å²) in [5, 5.41) is 7.59. The molecule has 0 amide bonds. The first kappa shape index (κ1) is 12.0. The molecule has 0 spiro atoms. The second-order valence-corrected chi connectivity index (χ2v) is 5.49.